The fourth-order valence-corrected chi connectivity index (χ4v) is 4.81. The number of aromatic nitrogens is 1. The molecule has 26 heavy (non-hydrogen) atoms. The molecule has 3 nitrogen and oxygen atoms in total. The second kappa shape index (κ2) is 8.86. The first-order valence-corrected chi connectivity index (χ1v) is 10.8. The van der Waals surface area contributed by atoms with Crippen LogP contribution in [0.5, 0.6) is 0 Å². The lowest BCUT2D eigenvalue weighted by atomic mass is 9.68. The molecular weight excluding hydrogens is 338 g/mol. The van der Waals surface area contributed by atoms with E-state index in [1.165, 1.54) is 55.4 Å². The van der Waals surface area contributed by atoms with Gasteiger partial charge in [-0.1, -0.05) is 59.8 Å². The molecule has 2 rings (SSSR count). The molecule has 0 spiro atoms. The molecule has 0 saturated carbocycles. The van der Waals surface area contributed by atoms with Crippen LogP contribution in [0.25, 0.3) is 10.2 Å². The van der Waals surface area contributed by atoms with Crippen LogP contribution in [0, 0.1) is 29.6 Å². The minimum absolute atomic E-state index is 0.354. The highest BCUT2D eigenvalue weighted by molar-refractivity contribution is 7.19. The van der Waals surface area contributed by atoms with Gasteiger partial charge >= 0.3 is 0 Å². The Labute approximate surface area is 162 Å². The predicted octanol–water partition coefficient (Wildman–Crippen LogP) is 6.62. The SMILES string of the molecule is CCCCCC(Cc1cc2c(N)c(C#N)sc2nc1C)C(C)(CC)CC. The van der Waals surface area contributed by atoms with Crippen molar-refractivity contribution in [2.45, 2.75) is 79.6 Å². The van der Waals surface area contributed by atoms with Crippen LogP contribution in [-0.2, 0) is 6.42 Å². The molecule has 2 N–H and O–H groups in total. The van der Waals surface area contributed by atoms with Gasteiger partial charge in [-0.05, 0) is 42.7 Å². The molecule has 4 heteroatoms. The van der Waals surface area contributed by atoms with Gasteiger partial charge in [-0.25, -0.2) is 4.98 Å². The number of pyridine rings is 1. The molecule has 0 aromatic carbocycles. The standard InChI is InChI=1S/C22H33N3S/c1-6-9-10-11-17(22(5,7-2)8-3)12-16-13-18-20(24)19(14-23)26-21(18)25-15(16)4/h13,17H,6-12,24H2,1-5H3. The molecule has 2 aromatic heterocycles. The molecule has 0 aliphatic heterocycles. The molecule has 1 atom stereocenters. The maximum Gasteiger partial charge on any atom is 0.130 e. The van der Waals surface area contributed by atoms with Crippen LogP contribution in [0.4, 0.5) is 5.69 Å². The minimum Gasteiger partial charge on any atom is -0.396 e. The average Bonchev–Trinajstić information content (AvgIpc) is 2.95. The lowest BCUT2D eigenvalue weighted by molar-refractivity contribution is 0.153. The van der Waals surface area contributed by atoms with Crippen LogP contribution in [0.2, 0.25) is 0 Å². The van der Waals surface area contributed by atoms with Crippen molar-refractivity contribution in [3.63, 3.8) is 0 Å². The van der Waals surface area contributed by atoms with Crippen molar-refractivity contribution in [1.29, 1.82) is 5.26 Å². The Balaban J connectivity index is 2.38. The van der Waals surface area contributed by atoms with Gasteiger partial charge in [0.15, 0.2) is 0 Å². The Morgan fingerprint density at radius 2 is 1.96 bits per heavy atom. The third-order valence-corrected chi connectivity index (χ3v) is 7.36. The zero-order chi connectivity index (χ0) is 19.3. The minimum atomic E-state index is 0.354. The third kappa shape index (κ3) is 4.20. The number of aryl methyl sites for hydroxylation is 1. The van der Waals surface area contributed by atoms with Crippen molar-refractivity contribution in [3.8, 4) is 6.07 Å². The lowest BCUT2D eigenvalue weighted by Crippen LogP contribution is -2.28. The van der Waals surface area contributed by atoms with Crippen LogP contribution < -0.4 is 5.73 Å². The van der Waals surface area contributed by atoms with Crippen LogP contribution in [0.3, 0.4) is 0 Å². The van der Waals surface area contributed by atoms with Crippen LogP contribution in [0.15, 0.2) is 6.07 Å². The van der Waals surface area contributed by atoms with E-state index in [1.54, 1.807) is 0 Å². The van der Waals surface area contributed by atoms with E-state index in [2.05, 4.69) is 46.8 Å². The van der Waals surface area contributed by atoms with E-state index < -0.39 is 0 Å². The van der Waals surface area contributed by atoms with Crippen LogP contribution >= 0.6 is 11.3 Å². The highest BCUT2D eigenvalue weighted by atomic mass is 32.1. The molecule has 142 valence electrons. The Morgan fingerprint density at radius 1 is 1.27 bits per heavy atom. The Hall–Kier alpha value is -1.60. The summed E-state index contributed by atoms with van der Waals surface area (Å²) in [6.45, 7) is 11.4. The predicted molar refractivity (Wildman–Crippen MR) is 114 cm³/mol. The molecule has 0 fully saturated rings. The van der Waals surface area contributed by atoms with E-state index in [4.69, 9.17) is 10.7 Å². The summed E-state index contributed by atoms with van der Waals surface area (Å²) in [7, 11) is 0. The first-order chi connectivity index (χ1) is 12.4. The van der Waals surface area contributed by atoms with Crippen molar-refractivity contribution < 1.29 is 0 Å². The number of thiophene rings is 1. The second-order valence-electron chi connectivity index (χ2n) is 7.80. The molecule has 0 amide bonds. The number of unbranched alkanes of at least 4 members (excludes halogenated alkanes) is 2. The van der Waals surface area contributed by atoms with Crippen molar-refractivity contribution in [3.05, 3.63) is 22.2 Å². The van der Waals surface area contributed by atoms with Gasteiger partial charge < -0.3 is 5.73 Å². The Morgan fingerprint density at radius 3 is 2.54 bits per heavy atom. The summed E-state index contributed by atoms with van der Waals surface area (Å²) in [5.41, 5.74) is 9.51. The zero-order valence-electron chi connectivity index (χ0n) is 17.0. The van der Waals surface area contributed by atoms with E-state index in [0.29, 0.717) is 21.9 Å². The van der Waals surface area contributed by atoms with E-state index in [1.807, 2.05) is 0 Å². The number of nitrogens with zero attached hydrogens (tertiary/aromatic N) is 2. The maximum absolute atomic E-state index is 9.25. The molecule has 0 saturated heterocycles. The van der Waals surface area contributed by atoms with Gasteiger partial charge in [0.05, 0.1) is 5.69 Å². The summed E-state index contributed by atoms with van der Waals surface area (Å²) in [6.07, 6.45) is 8.59. The number of nitriles is 1. The normalized spacial score (nSPS) is 13.1. The van der Waals surface area contributed by atoms with Crippen LogP contribution in [-0.4, -0.2) is 4.98 Å². The monoisotopic (exact) mass is 371 g/mol. The van der Waals surface area contributed by atoms with Gasteiger partial charge in [-0.2, -0.15) is 5.26 Å². The van der Waals surface area contributed by atoms with E-state index in [9.17, 15) is 5.26 Å². The number of nitrogen functional groups attached to an aromatic ring is 1. The molecule has 1 unspecified atom stereocenters. The van der Waals surface area contributed by atoms with Crippen molar-refractivity contribution in [2.24, 2.45) is 11.3 Å². The summed E-state index contributed by atoms with van der Waals surface area (Å²) < 4.78 is 0. The highest BCUT2D eigenvalue weighted by Crippen LogP contribution is 2.41. The van der Waals surface area contributed by atoms with Gasteiger partial charge in [0.2, 0.25) is 0 Å². The molecule has 2 aromatic rings. The first-order valence-electron chi connectivity index (χ1n) is 9.98. The van der Waals surface area contributed by atoms with E-state index >= 15 is 0 Å². The van der Waals surface area contributed by atoms with Crippen molar-refractivity contribution >= 4 is 27.2 Å². The van der Waals surface area contributed by atoms with Crippen molar-refractivity contribution in [1.82, 2.24) is 4.98 Å². The van der Waals surface area contributed by atoms with Gasteiger partial charge in [0, 0.05) is 11.1 Å². The van der Waals surface area contributed by atoms with Gasteiger partial charge in [-0.3, -0.25) is 0 Å². The van der Waals surface area contributed by atoms with Gasteiger partial charge in [0.1, 0.15) is 15.8 Å². The molecular formula is C22H33N3S. The maximum atomic E-state index is 9.25. The van der Waals surface area contributed by atoms with Gasteiger partial charge in [-0.15, -0.1) is 11.3 Å². The van der Waals surface area contributed by atoms with E-state index in [-0.39, 0.29) is 0 Å². The Bertz CT molecular complexity index is 781. The molecule has 0 bridgehead atoms. The summed E-state index contributed by atoms with van der Waals surface area (Å²) in [5.74, 6) is 0.650. The number of hydrogen-bond donors (Lipinski definition) is 1. The number of fused-ring (bicyclic) bond motifs is 1. The highest BCUT2D eigenvalue weighted by Gasteiger charge is 2.31. The van der Waals surface area contributed by atoms with Gasteiger partial charge in [0.25, 0.3) is 0 Å². The summed E-state index contributed by atoms with van der Waals surface area (Å²) in [6, 6.07) is 4.39. The summed E-state index contributed by atoms with van der Waals surface area (Å²) >= 11 is 1.40. The van der Waals surface area contributed by atoms with Crippen molar-refractivity contribution in [2.75, 3.05) is 5.73 Å². The second-order valence-corrected chi connectivity index (χ2v) is 8.80. The fourth-order valence-electron chi connectivity index (χ4n) is 3.89. The smallest absolute Gasteiger partial charge is 0.130 e. The number of anilines is 1. The molecule has 2 heterocycles. The zero-order valence-corrected chi connectivity index (χ0v) is 17.8. The topological polar surface area (TPSA) is 62.7 Å². The number of nitrogens with two attached hydrogens (primary N) is 1. The first kappa shape index (κ1) is 20.7. The molecule has 0 aliphatic carbocycles. The third-order valence-electron chi connectivity index (χ3n) is 6.34. The largest absolute Gasteiger partial charge is 0.396 e. The summed E-state index contributed by atoms with van der Waals surface area (Å²) in [4.78, 5) is 6.24. The quantitative estimate of drug-likeness (QED) is 0.503. The summed E-state index contributed by atoms with van der Waals surface area (Å²) in [5, 5.41) is 10.2. The molecule has 0 aliphatic rings. The lowest BCUT2D eigenvalue weighted by Gasteiger charge is -2.37. The van der Waals surface area contributed by atoms with E-state index in [0.717, 1.165) is 22.3 Å². The molecule has 0 radical (unpaired) electrons. The average molecular weight is 372 g/mol. The number of rotatable bonds is 9. The number of hydrogen-bond acceptors (Lipinski definition) is 4. The van der Waals surface area contributed by atoms with Crippen LogP contribution in [0.1, 0.15) is 82.4 Å². The Kier molecular flexibility index (Phi) is 7.06. The fraction of sp³-hybridized carbons (Fsp3) is 0.636.